The van der Waals surface area contributed by atoms with Crippen molar-refractivity contribution in [1.82, 2.24) is 5.01 Å². The normalized spacial score (nSPS) is 21.5. The van der Waals surface area contributed by atoms with E-state index in [-0.39, 0.29) is 24.5 Å². The van der Waals surface area contributed by atoms with Gasteiger partial charge >= 0.3 is 5.97 Å². The molecule has 0 radical (unpaired) electrons. The number of esters is 1. The number of ether oxygens (including phenoxy) is 1. The summed E-state index contributed by atoms with van der Waals surface area (Å²) in [6.45, 7) is 1.62. The molecule has 2 unspecified atom stereocenters. The predicted octanol–water partition coefficient (Wildman–Crippen LogP) is 6.16. The highest BCUT2D eigenvalue weighted by Crippen LogP contribution is 2.45. The van der Waals surface area contributed by atoms with E-state index in [0.717, 1.165) is 34.7 Å². The van der Waals surface area contributed by atoms with Gasteiger partial charge in [-0.3, -0.25) is 4.79 Å². The van der Waals surface area contributed by atoms with Crippen molar-refractivity contribution in [3.05, 3.63) is 72.2 Å². The minimum atomic E-state index is -0.466. The van der Waals surface area contributed by atoms with Crippen LogP contribution in [0, 0.1) is 12.8 Å². The molecule has 4 heterocycles. The highest BCUT2D eigenvalue weighted by molar-refractivity contribution is 7.13. The summed E-state index contributed by atoms with van der Waals surface area (Å²) in [5, 5.41) is 10.5. The van der Waals surface area contributed by atoms with Gasteiger partial charge in [-0.2, -0.15) is 5.10 Å². The molecule has 5 rings (SSSR count). The maximum Gasteiger partial charge on any atom is 0.348 e. The van der Waals surface area contributed by atoms with Gasteiger partial charge in [-0.1, -0.05) is 12.1 Å². The number of hydrogen-bond donors (Lipinski definition) is 0. The van der Waals surface area contributed by atoms with Gasteiger partial charge in [0.2, 0.25) is 0 Å². The molecule has 1 fully saturated rings. The van der Waals surface area contributed by atoms with Crippen molar-refractivity contribution >= 4 is 57.7 Å². The fraction of sp³-hybridized carbons (Fsp3) is 0.292. The van der Waals surface area contributed by atoms with Crippen molar-refractivity contribution < 1.29 is 14.3 Å². The summed E-state index contributed by atoms with van der Waals surface area (Å²) in [6.07, 6.45) is 5.21. The number of hydrogen-bond acceptors (Lipinski definition) is 7. The molecule has 0 spiro atoms. The highest BCUT2D eigenvalue weighted by atomic mass is 32.1. The van der Waals surface area contributed by atoms with E-state index < -0.39 is 5.97 Å². The summed E-state index contributed by atoms with van der Waals surface area (Å²) in [7, 11) is 0. The molecule has 0 saturated heterocycles. The lowest BCUT2D eigenvalue weighted by molar-refractivity contribution is -0.136. The second kappa shape index (κ2) is 9.13. The first-order chi connectivity index (χ1) is 15.6. The predicted molar refractivity (Wildman–Crippen MR) is 130 cm³/mol. The summed E-state index contributed by atoms with van der Waals surface area (Å²) >= 11 is 4.70. The Labute approximate surface area is 198 Å². The molecule has 1 aliphatic heterocycles. The SMILES string of the molecule is Cc1ccc(C(=O)OCC(=O)N2N=C3C(=Cc4cccs4)CCCC3C2c2cccs2)s1. The van der Waals surface area contributed by atoms with Gasteiger partial charge in [0.1, 0.15) is 4.88 Å². The number of carbonyl (C=O) groups is 2. The Morgan fingerprint density at radius 2 is 2.03 bits per heavy atom. The van der Waals surface area contributed by atoms with Crippen LogP contribution in [-0.2, 0) is 9.53 Å². The first-order valence-corrected chi connectivity index (χ1v) is 13.1. The van der Waals surface area contributed by atoms with Crippen LogP contribution in [0.25, 0.3) is 6.08 Å². The number of carbonyl (C=O) groups excluding carboxylic acids is 2. The molecule has 1 saturated carbocycles. The fourth-order valence-corrected chi connectivity index (χ4v) is 6.62. The molecule has 8 heteroatoms. The summed E-state index contributed by atoms with van der Waals surface area (Å²) in [4.78, 5) is 29.4. The molecule has 1 amide bonds. The van der Waals surface area contributed by atoms with Crippen molar-refractivity contribution in [2.75, 3.05) is 6.61 Å². The first-order valence-electron chi connectivity index (χ1n) is 10.5. The summed E-state index contributed by atoms with van der Waals surface area (Å²) < 4.78 is 5.35. The summed E-state index contributed by atoms with van der Waals surface area (Å²) in [5.74, 6) is -0.595. The van der Waals surface area contributed by atoms with Crippen LogP contribution in [0.3, 0.4) is 0 Å². The second-order valence-corrected chi connectivity index (χ2v) is 11.1. The summed E-state index contributed by atoms with van der Waals surface area (Å²) in [6, 6.07) is 11.7. The maximum atomic E-state index is 13.2. The van der Waals surface area contributed by atoms with E-state index in [1.807, 2.05) is 30.5 Å². The molecule has 3 aromatic rings. The third-order valence-electron chi connectivity index (χ3n) is 5.72. The number of rotatable bonds is 5. The van der Waals surface area contributed by atoms with E-state index in [1.165, 1.54) is 21.8 Å². The molecule has 2 atom stereocenters. The van der Waals surface area contributed by atoms with Crippen LogP contribution in [0.1, 0.15) is 49.6 Å². The van der Waals surface area contributed by atoms with Crippen LogP contribution in [0.2, 0.25) is 0 Å². The molecule has 32 heavy (non-hydrogen) atoms. The van der Waals surface area contributed by atoms with Crippen molar-refractivity contribution in [3.63, 3.8) is 0 Å². The number of aryl methyl sites for hydroxylation is 1. The minimum absolute atomic E-state index is 0.146. The van der Waals surface area contributed by atoms with Gasteiger partial charge in [0, 0.05) is 20.5 Å². The lowest BCUT2D eigenvalue weighted by atomic mass is 9.79. The zero-order chi connectivity index (χ0) is 22.1. The van der Waals surface area contributed by atoms with Crippen LogP contribution < -0.4 is 0 Å². The van der Waals surface area contributed by atoms with Gasteiger partial charge < -0.3 is 4.74 Å². The second-order valence-electron chi connectivity index (χ2n) is 7.85. The van der Waals surface area contributed by atoms with E-state index in [2.05, 4.69) is 23.6 Å². The first kappa shape index (κ1) is 21.3. The number of fused-ring (bicyclic) bond motifs is 1. The zero-order valence-corrected chi connectivity index (χ0v) is 20.0. The van der Waals surface area contributed by atoms with E-state index in [1.54, 1.807) is 33.7 Å². The Bertz CT molecular complexity index is 1180. The van der Waals surface area contributed by atoms with Crippen LogP contribution in [-0.4, -0.2) is 29.2 Å². The third-order valence-corrected chi connectivity index (χ3v) is 8.46. The molecule has 0 bridgehead atoms. The standard InChI is InChI=1S/C24H22N2O3S3/c1-15-9-10-20(32-15)24(28)29-14-21(27)26-23(19-8-4-12-31-19)18-7-2-5-16(22(18)25-26)13-17-6-3-11-30-17/h3-4,6,8-13,18,23H,2,5,7,14H2,1H3. The van der Waals surface area contributed by atoms with E-state index in [0.29, 0.717) is 4.88 Å². The van der Waals surface area contributed by atoms with Crippen molar-refractivity contribution in [1.29, 1.82) is 0 Å². The topological polar surface area (TPSA) is 59.0 Å². The Hall–Kier alpha value is -2.55. The molecule has 2 aliphatic rings. The fourth-order valence-electron chi connectivity index (χ4n) is 4.30. The number of allylic oxidation sites excluding steroid dienone is 1. The lowest BCUT2D eigenvalue weighted by Gasteiger charge is -2.28. The van der Waals surface area contributed by atoms with Gasteiger partial charge in [-0.25, -0.2) is 9.80 Å². The molecular formula is C24H22N2O3S3. The smallest absolute Gasteiger partial charge is 0.348 e. The molecule has 0 N–H and O–H groups in total. The molecule has 164 valence electrons. The van der Waals surface area contributed by atoms with Gasteiger partial charge in [0.25, 0.3) is 5.91 Å². The van der Waals surface area contributed by atoms with Gasteiger partial charge in [0.15, 0.2) is 6.61 Å². The molecular weight excluding hydrogens is 460 g/mol. The van der Waals surface area contributed by atoms with E-state index >= 15 is 0 Å². The average Bonchev–Trinajstić information content (AvgIpc) is 3.58. The average molecular weight is 483 g/mol. The molecule has 3 aromatic heterocycles. The number of thiophene rings is 3. The quantitative estimate of drug-likeness (QED) is 0.409. The largest absolute Gasteiger partial charge is 0.451 e. The van der Waals surface area contributed by atoms with Crippen molar-refractivity contribution in [3.8, 4) is 0 Å². The van der Waals surface area contributed by atoms with Gasteiger partial charge in [0.05, 0.1) is 11.8 Å². The lowest BCUT2D eigenvalue weighted by Crippen LogP contribution is -2.34. The third kappa shape index (κ3) is 4.22. The van der Waals surface area contributed by atoms with Crippen LogP contribution in [0.15, 0.2) is 57.8 Å². The van der Waals surface area contributed by atoms with Gasteiger partial charge in [-0.05, 0) is 72.9 Å². The number of nitrogens with zero attached hydrogens (tertiary/aromatic N) is 2. The highest BCUT2D eigenvalue weighted by Gasteiger charge is 2.44. The van der Waals surface area contributed by atoms with Crippen LogP contribution >= 0.6 is 34.0 Å². The summed E-state index contributed by atoms with van der Waals surface area (Å²) in [5.41, 5.74) is 2.20. The van der Waals surface area contributed by atoms with E-state index in [4.69, 9.17) is 9.84 Å². The Balaban J connectivity index is 1.40. The molecule has 5 nitrogen and oxygen atoms in total. The van der Waals surface area contributed by atoms with Crippen molar-refractivity contribution in [2.24, 2.45) is 11.0 Å². The van der Waals surface area contributed by atoms with Crippen LogP contribution in [0.4, 0.5) is 0 Å². The molecule has 0 aromatic carbocycles. The Morgan fingerprint density at radius 3 is 2.75 bits per heavy atom. The minimum Gasteiger partial charge on any atom is -0.451 e. The van der Waals surface area contributed by atoms with E-state index in [9.17, 15) is 9.59 Å². The zero-order valence-electron chi connectivity index (χ0n) is 17.5. The van der Waals surface area contributed by atoms with Crippen LogP contribution in [0.5, 0.6) is 0 Å². The Morgan fingerprint density at radius 1 is 1.19 bits per heavy atom. The molecule has 1 aliphatic carbocycles. The Kier molecular flexibility index (Phi) is 6.08. The van der Waals surface area contributed by atoms with Gasteiger partial charge in [-0.15, -0.1) is 34.0 Å². The maximum absolute atomic E-state index is 13.2. The van der Waals surface area contributed by atoms with Crippen molar-refractivity contribution in [2.45, 2.75) is 32.2 Å². The monoisotopic (exact) mass is 482 g/mol. The number of hydrazone groups is 1. The number of amides is 1.